The third-order valence-corrected chi connectivity index (χ3v) is 6.21. The van der Waals surface area contributed by atoms with Gasteiger partial charge in [-0.05, 0) is 23.8 Å². The van der Waals surface area contributed by atoms with Crippen molar-refractivity contribution in [3.05, 3.63) is 53.6 Å². The van der Waals surface area contributed by atoms with Crippen LogP contribution in [0.3, 0.4) is 0 Å². The summed E-state index contributed by atoms with van der Waals surface area (Å²) >= 11 is 1.88. The monoisotopic (exact) mass is 322 g/mol. The number of aromatic nitrogens is 3. The molecule has 0 amide bonds. The van der Waals surface area contributed by atoms with Gasteiger partial charge in [0, 0.05) is 29.5 Å². The second kappa shape index (κ2) is 4.99. The van der Waals surface area contributed by atoms with Gasteiger partial charge >= 0.3 is 0 Å². The van der Waals surface area contributed by atoms with Crippen LogP contribution in [0.2, 0.25) is 0 Å². The van der Waals surface area contributed by atoms with Crippen LogP contribution < -0.4 is 5.73 Å². The highest BCUT2D eigenvalue weighted by atomic mass is 32.2. The first-order valence-corrected chi connectivity index (χ1v) is 9.10. The first-order valence-electron chi connectivity index (χ1n) is 8.16. The van der Waals surface area contributed by atoms with Crippen LogP contribution in [0.15, 0.2) is 42.1 Å². The summed E-state index contributed by atoms with van der Waals surface area (Å²) in [6.45, 7) is 0. The summed E-state index contributed by atoms with van der Waals surface area (Å²) in [6.07, 6.45) is 16.6. The molecule has 0 aromatic carbocycles. The van der Waals surface area contributed by atoms with Crippen molar-refractivity contribution in [2.24, 2.45) is 5.92 Å². The third kappa shape index (κ3) is 1.99. The Labute approximate surface area is 139 Å². The van der Waals surface area contributed by atoms with Crippen LogP contribution in [-0.4, -0.2) is 19.6 Å². The van der Waals surface area contributed by atoms with Gasteiger partial charge in [0.1, 0.15) is 17.2 Å². The summed E-state index contributed by atoms with van der Waals surface area (Å²) in [7, 11) is 0. The number of thioether (sulfide) groups is 1. The summed E-state index contributed by atoms with van der Waals surface area (Å²) in [5.74, 6) is 2.72. The lowest BCUT2D eigenvalue weighted by atomic mass is 9.85. The van der Waals surface area contributed by atoms with Crippen molar-refractivity contribution < 1.29 is 0 Å². The van der Waals surface area contributed by atoms with Crippen LogP contribution in [0.25, 0.3) is 11.1 Å². The molecule has 116 valence electrons. The maximum absolute atomic E-state index is 6.20. The van der Waals surface area contributed by atoms with Gasteiger partial charge < -0.3 is 5.73 Å². The van der Waals surface area contributed by atoms with Crippen LogP contribution in [-0.2, 0) is 0 Å². The molecule has 1 saturated carbocycles. The topological polar surface area (TPSA) is 56.2 Å². The maximum atomic E-state index is 6.20. The number of imidazole rings is 1. The molecule has 4 nitrogen and oxygen atoms in total. The van der Waals surface area contributed by atoms with Crippen LogP contribution in [0.5, 0.6) is 0 Å². The van der Waals surface area contributed by atoms with Gasteiger partial charge in [-0.3, -0.25) is 4.40 Å². The molecule has 0 radical (unpaired) electrons. The predicted molar refractivity (Wildman–Crippen MR) is 95.1 cm³/mol. The molecule has 5 heteroatoms. The Balaban J connectivity index is 1.69. The minimum atomic E-state index is 0.460. The average Bonchev–Trinajstić information content (AvgIpc) is 3.10. The molecule has 2 aromatic rings. The number of fused-ring (bicyclic) bond motifs is 2. The van der Waals surface area contributed by atoms with E-state index in [-0.39, 0.29) is 0 Å². The molecule has 2 unspecified atom stereocenters. The summed E-state index contributed by atoms with van der Waals surface area (Å²) < 4.78 is 2.15. The Morgan fingerprint density at radius 3 is 3.00 bits per heavy atom. The van der Waals surface area contributed by atoms with E-state index >= 15 is 0 Å². The van der Waals surface area contributed by atoms with E-state index in [1.165, 1.54) is 24.8 Å². The van der Waals surface area contributed by atoms with Gasteiger partial charge in [-0.1, -0.05) is 30.7 Å². The van der Waals surface area contributed by atoms with Crippen LogP contribution in [0.1, 0.15) is 36.7 Å². The Bertz CT molecular complexity index is 873. The largest absolute Gasteiger partial charge is 0.382 e. The number of hydrogen-bond acceptors (Lipinski definition) is 4. The van der Waals surface area contributed by atoms with Gasteiger partial charge in [0.2, 0.25) is 0 Å². The smallest absolute Gasteiger partial charge is 0.150 e. The number of nitrogen functional groups attached to an aromatic ring is 1. The molecule has 23 heavy (non-hydrogen) atoms. The Morgan fingerprint density at radius 1 is 1.26 bits per heavy atom. The molecule has 0 spiro atoms. The zero-order valence-corrected chi connectivity index (χ0v) is 13.5. The molecule has 3 heterocycles. The van der Waals surface area contributed by atoms with Gasteiger partial charge in [0.15, 0.2) is 0 Å². The number of hydrogen-bond donors (Lipinski definition) is 1. The highest BCUT2D eigenvalue weighted by molar-refractivity contribution is 8.03. The molecule has 2 aliphatic carbocycles. The number of nitrogens with two attached hydrogens (primary N) is 1. The number of anilines is 1. The summed E-state index contributed by atoms with van der Waals surface area (Å²) in [5.41, 5.74) is 9.31. The number of nitrogens with zero attached hydrogens (tertiary/aromatic N) is 3. The van der Waals surface area contributed by atoms with Crippen molar-refractivity contribution in [1.29, 1.82) is 0 Å². The van der Waals surface area contributed by atoms with Crippen molar-refractivity contribution in [2.45, 2.75) is 30.4 Å². The minimum absolute atomic E-state index is 0.460. The maximum Gasteiger partial charge on any atom is 0.150 e. The van der Waals surface area contributed by atoms with Gasteiger partial charge in [-0.25, -0.2) is 9.97 Å². The van der Waals surface area contributed by atoms with E-state index in [1.54, 1.807) is 6.20 Å². The van der Waals surface area contributed by atoms with Crippen LogP contribution in [0.4, 0.5) is 5.82 Å². The summed E-state index contributed by atoms with van der Waals surface area (Å²) in [6, 6.07) is 0. The Kier molecular flexibility index (Phi) is 2.92. The van der Waals surface area contributed by atoms with Crippen LogP contribution in [0, 0.1) is 5.92 Å². The number of allylic oxidation sites excluding steroid dienone is 4. The fourth-order valence-electron chi connectivity index (χ4n) is 3.61. The van der Waals surface area contributed by atoms with E-state index in [1.807, 2.05) is 18.0 Å². The highest BCUT2D eigenvalue weighted by Crippen LogP contribution is 2.41. The second-order valence-corrected chi connectivity index (χ2v) is 7.55. The molecule has 0 saturated heterocycles. The Morgan fingerprint density at radius 2 is 2.17 bits per heavy atom. The minimum Gasteiger partial charge on any atom is -0.382 e. The van der Waals surface area contributed by atoms with E-state index < -0.39 is 0 Å². The SMILES string of the molecule is Nc1nccn2c(C3CCC3)nc(C3=CC4C=CSC4C=C3)c12. The zero-order valence-electron chi connectivity index (χ0n) is 12.7. The van der Waals surface area contributed by atoms with Gasteiger partial charge in [0.05, 0.1) is 5.69 Å². The van der Waals surface area contributed by atoms with E-state index in [2.05, 4.69) is 39.1 Å². The molecule has 5 rings (SSSR count). The van der Waals surface area contributed by atoms with Crippen molar-refractivity contribution in [3.8, 4) is 0 Å². The molecule has 2 atom stereocenters. The second-order valence-electron chi connectivity index (χ2n) is 6.47. The van der Waals surface area contributed by atoms with E-state index in [9.17, 15) is 0 Å². The van der Waals surface area contributed by atoms with Gasteiger partial charge in [-0.2, -0.15) is 0 Å². The van der Waals surface area contributed by atoms with E-state index in [4.69, 9.17) is 10.7 Å². The fourth-order valence-corrected chi connectivity index (χ4v) is 4.59. The van der Waals surface area contributed by atoms with E-state index in [0.717, 1.165) is 17.0 Å². The standard InChI is InChI=1S/C18H18N4S/c19-17-16-15(13-4-5-14-12(10-13)6-9-23-14)21-18(11-2-1-3-11)22(16)8-7-20-17/h4-12,14H,1-3H2,(H2,19,20). The third-order valence-electron chi connectivity index (χ3n) is 5.11. The van der Waals surface area contributed by atoms with Crippen molar-refractivity contribution in [1.82, 2.24) is 14.4 Å². The fraction of sp³-hybridized carbons (Fsp3) is 0.333. The molecule has 3 aliphatic rings. The molecule has 1 aliphatic heterocycles. The lowest BCUT2D eigenvalue weighted by Crippen LogP contribution is -2.12. The first kappa shape index (κ1) is 13.4. The van der Waals surface area contributed by atoms with Crippen molar-refractivity contribution in [3.63, 3.8) is 0 Å². The quantitative estimate of drug-likeness (QED) is 0.914. The lowest BCUT2D eigenvalue weighted by molar-refractivity contribution is 0.400. The highest BCUT2D eigenvalue weighted by Gasteiger charge is 2.29. The molecule has 2 N–H and O–H groups in total. The molecular formula is C18H18N4S. The zero-order chi connectivity index (χ0) is 15.4. The molecule has 2 aromatic heterocycles. The summed E-state index contributed by atoms with van der Waals surface area (Å²) in [5, 5.41) is 2.73. The lowest BCUT2D eigenvalue weighted by Gasteiger charge is -2.23. The first-order chi connectivity index (χ1) is 11.3. The van der Waals surface area contributed by atoms with E-state index in [0.29, 0.717) is 22.9 Å². The summed E-state index contributed by atoms with van der Waals surface area (Å²) in [4.78, 5) is 9.30. The van der Waals surface area contributed by atoms with Gasteiger partial charge in [-0.15, -0.1) is 11.8 Å². The average molecular weight is 322 g/mol. The Hall–Kier alpha value is -2.01. The van der Waals surface area contributed by atoms with Gasteiger partial charge in [0.25, 0.3) is 0 Å². The predicted octanol–water partition coefficient (Wildman–Crippen LogP) is 3.78. The molecule has 0 bridgehead atoms. The molecular weight excluding hydrogens is 304 g/mol. The normalized spacial score (nSPS) is 26.3. The van der Waals surface area contributed by atoms with Crippen molar-refractivity contribution >= 4 is 28.7 Å². The number of rotatable bonds is 2. The molecule has 1 fully saturated rings. The van der Waals surface area contributed by atoms with Crippen molar-refractivity contribution in [2.75, 3.05) is 5.73 Å². The van der Waals surface area contributed by atoms with Crippen LogP contribution >= 0.6 is 11.8 Å².